The van der Waals surface area contributed by atoms with E-state index in [2.05, 4.69) is 73.0 Å². The zero-order chi connectivity index (χ0) is 20.7. The average molecular weight is 408 g/mol. The third kappa shape index (κ3) is 22.0. The number of ether oxygens (including phenoxy) is 1. The second-order valence-corrected chi connectivity index (χ2v) is 6.36. The van der Waals surface area contributed by atoms with Gasteiger partial charge in [-0.1, -0.05) is 67.7 Å². The summed E-state index contributed by atoms with van der Waals surface area (Å²) in [6.45, 7) is 2.53. The SMILES string of the molecule is CCC=CCC=CCC=CCC=CCC=CCCCC(=O)OCCNC(=O)Cl. The van der Waals surface area contributed by atoms with Gasteiger partial charge in [0, 0.05) is 6.42 Å². The number of esters is 1. The molecule has 5 heteroatoms. The lowest BCUT2D eigenvalue weighted by Gasteiger charge is -2.03. The van der Waals surface area contributed by atoms with Crippen molar-refractivity contribution >= 4 is 22.9 Å². The second-order valence-electron chi connectivity index (χ2n) is 6.02. The molecule has 0 aromatic rings. The molecular formula is C23H34ClNO3. The van der Waals surface area contributed by atoms with Crippen LogP contribution < -0.4 is 5.32 Å². The molecule has 0 fully saturated rings. The zero-order valence-corrected chi connectivity index (χ0v) is 17.7. The van der Waals surface area contributed by atoms with E-state index >= 15 is 0 Å². The van der Waals surface area contributed by atoms with E-state index in [4.69, 9.17) is 16.3 Å². The number of hydrogen-bond acceptors (Lipinski definition) is 3. The first-order valence-corrected chi connectivity index (χ1v) is 10.4. The van der Waals surface area contributed by atoms with E-state index in [0.29, 0.717) is 6.42 Å². The Balaban J connectivity index is 3.51. The first-order valence-electron chi connectivity index (χ1n) is 10.0. The maximum Gasteiger partial charge on any atom is 0.313 e. The largest absolute Gasteiger partial charge is 0.464 e. The lowest BCUT2D eigenvalue weighted by atomic mass is 10.2. The molecule has 0 bridgehead atoms. The quantitative estimate of drug-likeness (QED) is 0.106. The van der Waals surface area contributed by atoms with E-state index in [1.54, 1.807) is 0 Å². The average Bonchev–Trinajstić information content (AvgIpc) is 2.67. The minimum Gasteiger partial charge on any atom is -0.464 e. The summed E-state index contributed by atoms with van der Waals surface area (Å²) in [7, 11) is 0. The molecule has 0 radical (unpaired) electrons. The third-order valence-corrected chi connectivity index (χ3v) is 3.67. The minimum atomic E-state index is -0.644. The molecule has 4 nitrogen and oxygen atoms in total. The fraction of sp³-hybridized carbons (Fsp3) is 0.478. The molecule has 156 valence electrons. The van der Waals surface area contributed by atoms with E-state index in [-0.39, 0.29) is 19.1 Å². The summed E-state index contributed by atoms with van der Waals surface area (Å²) < 4.78 is 4.96. The van der Waals surface area contributed by atoms with Gasteiger partial charge in [-0.2, -0.15) is 0 Å². The molecule has 0 aromatic carbocycles. The van der Waals surface area contributed by atoms with Gasteiger partial charge in [-0.05, 0) is 56.5 Å². The fourth-order valence-electron chi connectivity index (χ4n) is 2.12. The molecule has 0 aliphatic rings. The Morgan fingerprint density at radius 2 is 1.32 bits per heavy atom. The predicted molar refractivity (Wildman–Crippen MR) is 119 cm³/mol. The molecule has 1 amide bonds. The molecule has 0 spiro atoms. The molecule has 0 aliphatic carbocycles. The van der Waals surface area contributed by atoms with E-state index in [0.717, 1.165) is 44.9 Å². The topological polar surface area (TPSA) is 55.4 Å². The van der Waals surface area contributed by atoms with Crippen LogP contribution in [-0.2, 0) is 9.53 Å². The first kappa shape index (κ1) is 25.9. The number of carbonyl (C=O) groups is 2. The van der Waals surface area contributed by atoms with Gasteiger partial charge >= 0.3 is 11.3 Å². The highest BCUT2D eigenvalue weighted by atomic mass is 35.5. The number of rotatable bonds is 16. The van der Waals surface area contributed by atoms with Crippen molar-refractivity contribution in [1.29, 1.82) is 0 Å². The van der Waals surface area contributed by atoms with Gasteiger partial charge in [0.1, 0.15) is 6.61 Å². The number of carbonyl (C=O) groups excluding carboxylic acids is 2. The Morgan fingerprint density at radius 1 is 0.821 bits per heavy atom. The van der Waals surface area contributed by atoms with Crippen LogP contribution in [0.3, 0.4) is 0 Å². The molecule has 0 aromatic heterocycles. The second kappa shape index (κ2) is 21.2. The van der Waals surface area contributed by atoms with E-state index in [1.807, 2.05) is 0 Å². The van der Waals surface area contributed by atoms with Crippen LogP contribution in [0, 0.1) is 0 Å². The van der Waals surface area contributed by atoms with Gasteiger partial charge in [0.25, 0.3) is 0 Å². The standard InChI is InChI=1S/C23H34ClNO3/c1-2-3-4-5-6-7-8-9-10-11-12-13-14-15-16-17-18-19-22(26)28-21-20-25-23(24)27/h3-4,6-7,9-10,12-13,15-16H,2,5,8,11,14,17-21H2,1H3,(H,25,27). The first-order chi connectivity index (χ1) is 13.7. The van der Waals surface area contributed by atoms with Crippen molar-refractivity contribution in [2.24, 2.45) is 0 Å². The van der Waals surface area contributed by atoms with Gasteiger partial charge in [0.05, 0.1) is 6.54 Å². The van der Waals surface area contributed by atoms with Gasteiger partial charge in [-0.3, -0.25) is 9.59 Å². The van der Waals surface area contributed by atoms with Crippen LogP contribution in [0.2, 0.25) is 0 Å². The molecule has 28 heavy (non-hydrogen) atoms. The van der Waals surface area contributed by atoms with E-state index in [1.165, 1.54) is 0 Å². The summed E-state index contributed by atoms with van der Waals surface area (Å²) in [4.78, 5) is 21.9. The Kier molecular flexibility index (Phi) is 19.7. The molecule has 0 aliphatic heterocycles. The molecule has 0 saturated carbocycles. The van der Waals surface area contributed by atoms with E-state index in [9.17, 15) is 9.59 Å². The van der Waals surface area contributed by atoms with Crippen molar-refractivity contribution in [3.63, 3.8) is 0 Å². The van der Waals surface area contributed by atoms with E-state index < -0.39 is 5.37 Å². The highest BCUT2D eigenvalue weighted by Gasteiger charge is 2.01. The summed E-state index contributed by atoms with van der Waals surface area (Å²) in [6.07, 6.45) is 28.5. The monoisotopic (exact) mass is 407 g/mol. The van der Waals surface area contributed by atoms with Gasteiger partial charge < -0.3 is 10.1 Å². The van der Waals surface area contributed by atoms with Crippen molar-refractivity contribution < 1.29 is 14.3 Å². The maximum absolute atomic E-state index is 11.4. The lowest BCUT2D eigenvalue weighted by molar-refractivity contribution is -0.143. The number of amides is 1. The summed E-state index contributed by atoms with van der Waals surface area (Å²) in [5.41, 5.74) is 0. The molecule has 0 atom stereocenters. The number of halogens is 1. The molecule has 0 unspecified atom stereocenters. The maximum atomic E-state index is 11.4. The van der Waals surface area contributed by atoms with Crippen molar-refractivity contribution in [1.82, 2.24) is 5.32 Å². The Morgan fingerprint density at radius 3 is 1.82 bits per heavy atom. The van der Waals surface area contributed by atoms with Crippen LogP contribution in [-0.4, -0.2) is 24.5 Å². The fourth-order valence-corrected chi connectivity index (χ4v) is 2.21. The smallest absolute Gasteiger partial charge is 0.313 e. The minimum absolute atomic E-state index is 0.152. The number of hydrogen-bond donors (Lipinski definition) is 1. The van der Waals surface area contributed by atoms with Crippen LogP contribution in [0.15, 0.2) is 60.8 Å². The highest BCUT2D eigenvalue weighted by molar-refractivity contribution is 6.62. The summed E-state index contributed by atoms with van der Waals surface area (Å²) >= 11 is 5.10. The van der Waals surface area contributed by atoms with Gasteiger partial charge in [-0.15, -0.1) is 0 Å². The Hall–Kier alpha value is -2.07. The molecule has 1 N–H and O–H groups in total. The number of unbranched alkanes of at least 4 members (excludes halogenated alkanes) is 1. The predicted octanol–water partition coefficient (Wildman–Crippen LogP) is 6.40. The molecule has 0 saturated heterocycles. The molecule has 0 rings (SSSR count). The number of nitrogens with one attached hydrogen (secondary N) is 1. The van der Waals surface area contributed by atoms with Crippen LogP contribution in [0.4, 0.5) is 4.79 Å². The van der Waals surface area contributed by atoms with Crippen molar-refractivity contribution in [3.8, 4) is 0 Å². The number of allylic oxidation sites excluding steroid dienone is 10. The van der Waals surface area contributed by atoms with Gasteiger partial charge in [-0.25, -0.2) is 0 Å². The normalized spacial score (nSPS) is 12.2. The van der Waals surface area contributed by atoms with Crippen LogP contribution >= 0.6 is 11.6 Å². The van der Waals surface area contributed by atoms with Crippen molar-refractivity contribution in [3.05, 3.63) is 60.8 Å². The van der Waals surface area contributed by atoms with Gasteiger partial charge in [0.15, 0.2) is 0 Å². The van der Waals surface area contributed by atoms with Crippen LogP contribution in [0.1, 0.15) is 58.3 Å². The summed E-state index contributed by atoms with van der Waals surface area (Å²) in [6, 6.07) is 0. The summed E-state index contributed by atoms with van der Waals surface area (Å²) in [5.74, 6) is -0.254. The molecular weight excluding hydrogens is 374 g/mol. The van der Waals surface area contributed by atoms with Crippen molar-refractivity contribution in [2.75, 3.05) is 13.2 Å². The Labute approximate surface area is 175 Å². The van der Waals surface area contributed by atoms with Crippen LogP contribution in [0.25, 0.3) is 0 Å². The zero-order valence-electron chi connectivity index (χ0n) is 16.9. The lowest BCUT2D eigenvalue weighted by Crippen LogP contribution is -2.23. The van der Waals surface area contributed by atoms with Crippen LogP contribution in [0.5, 0.6) is 0 Å². The summed E-state index contributed by atoms with van der Waals surface area (Å²) in [5, 5.41) is 1.71. The third-order valence-electron chi connectivity index (χ3n) is 3.54. The molecule has 0 heterocycles. The van der Waals surface area contributed by atoms with Gasteiger partial charge in [0.2, 0.25) is 0 Å². The Bertz CT molecular complexity index is 548. The highest BCUT2D eigenvalue weighted by Crippen LogP contribution is 2.01. The van der Waals surface area contributed by atoms with Crippen molar-refractivity contribution in [2.45, 2.75) is 58.3 Å².